The first-order valence-electron chi connectivity index (χ1n) is 38.6. The monoisotopic (exact) mass is 1510 g/mol. The fourth-order valence-electron chi connectivity index (χ4n) is 15.5. The summed E-state index contributed by atoms with van der Waals surface area (Å²) < 4.78 is 6.81. The number of halogens is 1. The molecule has 0 aliphatic rings. The fourth-order valence-corrected chi connectivity index (χ4v) is 15.7. The molecule has 21 aromatic rings. The lowest BCUT2D eigenvalue weighted by atomic mass is 9.86. The number of hydrogen-bond donors (Lipinski definition) is 0. The van der Waals surface area contributed by atoms with Crippen molar-refractivity contribution in [3.63, 3.8) is 0 Å². The van der Waals surface area contributed by atoms with E-state index in [0.717, 1.165) is 168 Å². The number of pyridine rings is 9. The van der Waals surface area contributed by atoms with Gasteiger partial charge in [0.05, 0.1) is 84.3 Å². The number of hydrogen-bond acceptors (Lipinski definition) is 9. The molecule has 12 nitrogen and oxygen atoms in total. The maximum Gasteiger partial charge on any atom is 0.145 e. The van der Waals surface area contributed by atoms with Crippen LogP contribution >= 0.6 is 11.6 Å². The first-order chi connectivity index (χ1) is 57.0. The van der Waals surface area contributed by atoms with Crippen molar-refractivity contribution in [3.8, 4) is 118 Å². The average Bonchev–Trinajstić information content (AvgIpc) is 1.61. The smallest absolute Gasteiger partial charge is 0.145 e. The molecule has 0 saturated heterocycles. The first kappa shape index (κ1) is 71.3. The summed E-state index contributed by atoms with van der Waals surface area (Å²) in [4.78, 5) is 42.5. The zero-order chi connectivity index (χ0) is 78.1. The van der Waals surface area contributed by atoms with E-state index < -0.39 is 0 Å². The minimum absolute atomic E-state index is 0.0988. The Hall–Kier alpha value is -15.0. The lowest BCUT2D eigenvalue weighted by molar-refractivity contribution is 0.590. The third kappa shape index (κ3) is 14.2. The summed E-state index contributed by atoms with van der Waals surface area (Å²) in [7, 11) is 0. The number of nitrogens with zero attached hydrogens (tertiary/aromatic N) is 12. The largest absolute Gasteiger partial charge is 0.309 e. The lowest BCUT2D eigenvalue weighted by Crippen LogP contribution is -2.10. The maximum absolute atomic E-state index is 6.34. The van der Waals surface area contributed by atoms with E-state index in [1.54, 1.807) is 12.4 Å². The zero-order valence-electron chi connectivity index (χ0n) is 63.7. The molecule has 0 saturated carbocycles. The highest BCUT2D eigenvalue weighted by Gasteiger charge is 2.21. The van der Waals surface area contributed by atoms with Gasteiger partial charge in [-0.15, -0.1) is 0 Å². The highest BCUT2D eigenvalue weighted by molar-refractivity contribution is 6.30. The number of benzene rings is 9. The Morgan fingerprint density at radius 3 is 1.24 bits per heavy atom. The first-order valence-corrected chi connectivity index (χ1v) is 39.0. The molecule has 0 aliphatic carbocycles. The third-order valence-electron chi connectivity index (χ3n) is 21.2. The third-order valence-corrected chi connectivity index (χ3v) is 21.4. The molecule has 0 amide bonds. The van der Waals surface area contributed by atoms with Crippen LogP contribution in [0.5, 0.6) is 0 Å². The van der Waals surface area contributed by atoms with Gasteiger partial charge in [-0.3, -0.25) is 29.5 Å². The molecule has 552 valence electrons. The SMILES string of the molecule is CC(C)(C)c1ccc(-c2cc(-c3ccc(-n4c5ccccc5c5cnccc54)cc3)cc(-c3ccccn3)n2)cc1.Clc1cccc(-c2cc(-c3cccc(-n4c5ccccc5c5cccnc54)c3)nc(-c3ccccn3)c2)c1.c1ccc(-c2cc(-c3ccc(-n4c5ccccc5c5ncccc54)cc3)cc(-c3ccccn3)n2)cc1. The normalized spacial score (nSPS) is 11.4. The molecule has 0 aliphatic heterocycles. The van der Waals surface area contributed by atoms with Crippen LogP contribution in [-0.4, -0.2) is 58.6 Å². The highest BCUT2D eigenvalue weighted by Crippen LogP contribution is 2.40. The molecular formula is C103H73ClN12. The van der Waals surface area contributed by atoms with E-state index in [4.69, 9.17) is 31.5 Å². The van der Waals surface area contributed by atoms with Gasteiger partial charge in [-0.1, -0.05) is 208 Å². The van der Waals surface area contributed by atoms with Crippen molar-refractivity contribution in [1.29, 1.82) is 0 Å². The molecule has 0 spiro atoms. The van der Waals surface area contributed by atoms with Crippen LogP contribution in [0.1, 0.15) is 26.3 Å². The summed E-state index contributed by atoms with van der Waals surface area (Å²) in [6.45, 7) is 6.71. The Balaban J connectivity index is 0.000000116. The molecule has 0 N–H and O–H groups in total. The van der Waals surface area contributed by atoms with Crippen LogP contribution in [0.3, 0.4) is 0 Å². The molecule has 0 fully saturated rings. The molecule has 13 heteroatoms. The number of para-hydroxylation sites is 3. The summed E-state index contributed by atoms with van der Waals surface area (Å²) in [5, 5.41) is 6.52. The van der Waals surface area contributed by atoms with E-state index in [9.17, 15) is 0 Å². The summed E-state index contributed by atoms with van der Waals surface area (Å²) in [5.74, 6) is 0. The van der Waals surface area contributed by atoms with Gasteiger partial charge in [0, 0.05) is 109 Å². The summed E-state index contributed by atoms with van der Waals surface area (Å²) in [6.07, 6.45) is 12.9. The topological polar surface area (TPSA) is 131 Å². The van der Waals surface area contributed by atoms with Gasteiger partial charge in [0.2, 0.25) is 0 Å². The number of aromatic nitrogens is 12. The van der Waals surface area contributed by atoms with Crippen LogP contribution in [0.15, 0.2) is 389 Å². The minimum Gasteiger partial charge on any atom is -0.309 e. The van der Waals surface area contributed by atoms with E-state index in [-0.39, 0.29) is 5.41 Å². The van der Waals surface area contributed by atoms with Crippen molar-refractivity contribution in [3.05, 3.63) is 400 Å². The molecule has 116 heavy (non-hydrogen) atoms. The van der Waals surface area contributed by atoms with Crippen molar-refractivity contribution in [2.75, 3.05) is 0 Å². The van der Waals surface area contributed by atoms with E-state index in [1.165, 1.54) is 21.9 Å². The van der Waals surface area contributed by atoms with Gasteiger partial charge in [0.1, 0.15) is 5.65 Å². The predicted molar refractivity (Wildman–Crippen MR) is 475 cm³/mol. The van der Waals surface area contributed by atoms with Crippen molar-refractivity contribution in [2.45, 2.75) is 26.2 Å². The van der Waals surface area contributed by atoms with Crippen LogP contribution in [0, 0.1) is 0 Å². The van der Waals surface area contributed by atoms with Gasteiger partial charge >= 0.3 is 0 Å². The second-order valence-electron chi connectivity index (χ2n) is 29.6. The quantitative estimate of drug-likeness (QED) is 0.117. The molecule has 0 radical (unpaired) electrons. The Morgan fingerprint density at radius 1 is 0.241 bits per heavy atom. The van der Waals surface area contributed by atoms with Gasteiger partial charge < -0.3 is 9.13 Å². The summed E-state index contributed by atoms with van der Waals surface area (Å²) >= 11 is 6.34. The molecule has 21 rings (SSSR count). The Bertz CT molecular complexity index is 6950. The van der Waals surface area contributed by atoms with Crippen molar-refractivity contribution in [2.24, 2.45) is 0 Å². The molecule has 12 heterocycles. The molecule has 9 aromatic carbocycles. The van der Waals surface area contributed by atoms with Crippen molar-refractivity contribution < 1.29 is 0 Å². The number of rotatable bonds is 12. The lowest BCUT2D eigenvalue weighted by Gasteiger charge is -2.19. The van der Waals surface area contributed by atoms with Gasteiger partial charge in [0.15, 0.2) is 0 Å². The van der Waals surface area contributed by atoms with E-state index in [2.05, 4.69) is 302 Å². The van der Waals surface area contributed by atoms with E-state index >= 15 is 0 Å². The maximum atomic E-state index is 6.34. The molecule has 0 unspecified atom stereocenters. The van der Waals surface area contributed by atoms with Crippen LogP contribution in [0.25, 0.3) is 184 Å². The van der Waals surface area contributed by atoms with Gasteiger partial charge in [-0.25, -0.2) is 19.9 Å². The van der Waals surface area contributed by atoms with Crippen LogP contribution < -0.4 is 0 Å². The zero-order valence-corrected chi connectivity index (χ0v) is 64.5. The van der Waals surface area contributed by atoms with Gasteiger partial charge in [0.25, 0.3) is 0 Å². The van der Waals surface area contributed by atoms with Gasteiger partial charge in [-0.2, -0.15) is 0 Å². The number of fused-ring (bicyclic) bond motifs is 9. The summed E-state index contributed by atoms with van der Waals surface area (Å²) in [5.41, 5.74) is 29.8. The van der Waals surface area contributed by atoms with Crippen molar-refractivity contribution >= 4 is 77.3 Å². The Morgan fingerprint density at radius 2 is 0.664 bits per heavy atom. The van der Waals surface area contributed by atoms with E-state index in [1.807, 2.05) is 134 Å². The van der Waals surface area contributed by atoms with Crippen molar-refractivity contribution in [1.82, 2.24) is 58.6 Å². The van der Waals surface area contributed by atoms with Crippen LogP contribution in [0.4, 0.5) is 0 Å². The Kier molecular flexibility index (Phi) is 19.0. The van der Waals surface area contributed by atoms with E-state index in [0.29, 0.717) is 5.02 Å². The summed E-state index contributed by atoms with van der Waals surface area (Å²) in [6, 6.07) is 119. The second kappa shape index (κ2) is 30.9. The molecular weight excluding hydrogens is 1440 g/mol. The Labute approximate surface area is 675 Å². The van der Waals surface area contributed by atoms with Gasteiger partial charge in [-0.05, 0) is 214 Å². The molecule has 12 aromatic heterocycles. The average molecular weight is 1510 g/mol. The standard InChI is InChI=1S/C37H30N4.C33H21ClN4.C33H22N4/c1-37(2,3)28-15-11-26(12-16-28)33-22-27(23-34(40-33)32-9-6-7-20-39-32)25-13-17-29(18-14-25)41-35-10-5-4-8-30(35)31-24-38-21-19-36(31)41;34-25-10-5-8-22(18-25)24-20-30(37-31(21-24)29-14-3-4-16-35-29)23-9-6-11-26(19-23)38-32-15-2-1-12-27(32)28-13-7-17-36-33(28)38;1-2-9-24(10-3-1)29-21-25(22-30(36-29)28-12-6-7-19-34-28)23-15-17-26(18-16-23)37-31-13-5-4-11-27(31)33-32(37)14-8-20-35-33/h4-24H,1-3H3;1-21H;1-22H. The van der Waals surface area contributed by atoms with Crippen LogP contribution in [-0.2, 0) is 5.41 Å². The second-order valence-corrected chi connectivity index (χ2v) is 30.0. The molecule has 0 atom stereocenters. The predicted octanol–water partition coefficient (Wildman–Crippen LogP) is 25.9. The molecule has 0 bridgehead atoms. The highest BCUT2D eigenvalue weighted by atomic mass is 35.5. The van der Waals surface area contributed by atoms with Crippen LogP contribution in [0.2, 0.25) is 5.02 Å². The minimum atomic E-state index is 0.0988. The fraction of sp³-hybridized carbons (Fsp3) is 0.0388.